The Morgan fingerprint density at radius 2 is 1.58 bits per heavy atom. The zero-order valence-electron chi connectivity index (χ0n) is 26.8. The molecule has 0 spiro atoms. The number of nitrogens with one attached hydrogen (secondary N) is 1. The number of carbonyl (C=O) groups is 2. The number of aryl methyl sites for hydroxylation is 1. The highest BCUT2D eigenvalue weighted by atomic mass is 16.5. The van der Waals surface area contributed by atoms with Crippen LogP contribution in [0.3, 0.4) is 0 Å². The Labute approximate surface area is 279 Å². The summed E-state index contributed by atoms with van der Waals surface area (Å²) < 4.78 is 17.3. The molecule has 0 aliphatic carbocycles. The van der Waals surface area contributed by atoms with Gasteiger partial charge in [-0.1, -0.05) is 103 Å². The number of morpholine rings is 1. The van der Waals surface area contributed by atoms with Crippen molar-refractivity contribution in [2.45, 2.75) is 43.9 Å². The highest BCUT2D eigenvalue weighted by Gasteiger charge is 2.33. The highest BCUT2D eigenvalue weighted by molar-refractivity contribution is 5.97. The minimum Gasteiger partial charge on any atom is -0.452 e. The summed E-state index contributed by atoms with van der Waals surface area (Å²) in [7, 11) is 1.30. The van der Waals surface area contributed by atoms with Gasteiger partial charge < -0.3 is 24.9 Å². The van der Waals surface area contributed by atoms with Crippen LogP contribution in [0.4, 0.5) is 10.5 Å². The molecule has 5 aromatic rings. The number of aromatic nitrogens is 2. The van der Waals surface area contributed by atoms with Gasteiger partial charge in [0.15, 0.2) is 0 Å². The first-order chi connectivity index (χ1) is 23.5. The summed E-state index contributed by atoms with van der Waals surface area (Å²) in [4.78, 5) is 27.6. The Morgan fingerprint density at radius 3 is 2.27 bits per heavy atom. The number of rotatable bonds is 12. The van der Waals surface area contributed by atoms with Crippen molar-refractivity contribution in [1.82, 2.24) is 15.5 Å². The summed E-state index contributed by atoms with van der Waals surface area (Å²) in [5.41, 5.74) is 11.5. The Balaban J connectivity index is 1.10. The number of primary amides is 1. The number of ether oxygens (including phenoxy) is 2. The van der Waals surface area contributed by atoms with E-state index in [-0.39, 0.29) is 18.6 Å². The molecule has 3 atom stereocenters. The van der Waals surface area contributed by atoms with E-state index in [2.05, 4.69) is 15.5 Å². The fourth-order valence-corrected chi connectivity index (χ4v) is 5.99. The zero-order valence-corrected chi connectivity index (χ0v) is 26.8. The molecule has 2 heterocycles. The van der Waals surface area contributed by atoms with Gasteiger partial charge in [0, 0.05) is 13.0 Å². The lowest BCUT2D eigenvalue weighted by molar-refractivity contribution is -0.119. The van der Waals surface area contributed by atoms with Crippen LogP contribution in [0.1, 0.15) is 40.9 Å². The Morgan fingerprint density at radius 1 is 0.896 bits per heavy atom. The molecular weight excluding hydrogens is 606 g/mol. The maximum absolute atomic E-state index is 13.3. The van der Waals surface area contributed by atoms with E-state index < -0.39 is 18.0 Å². The van der Waals surface area contributed by atoms with Gasteiger partial charge in [0.2, 0.25) is 17.7 Å². The van der Waals surface area contributed by atoms with Crippen LogP contribution in [0.5, 0.6) is 0 Å². The number of nitrogens with two attached hydrogens (primary N) is 1. The van der Waals surface area contributed by atoms with Crippen molar-refractivity contribution < 1.29 is 23.5 Å². The first-order valence-corrected chi connectivity index (χ1v) is 16.1. The normalized spacial score (nSPS) is 16.6. The predicted molar refractivity (Wildman–Crippen MR) is 182 cm³/mol. The lowest BCUT2D eigenvalue weighted by Gasteiger charge is -2.31. The van der Waals surface area contributed by atoms with Crippen molar-refractivity contribution in [3.8, 4) is 11.1 Å². The number of para-hydroxylation sites is 1. The van der Waals surface area contributed by atoms with E-state index in [1.165, 1.54) is 12.0 Å². The molecule has 3 N–H and O–H groups in total. The SMILES string of the molecule is COC(=O)N(c1ccccc1CC[C@@H]1CN[C@H](c2nnc(Cc3ccccc3)o2)CO1)[C@@H](Cc1ccc(-c2ccccc2)cc1)C(N)=O. The van der Waals surface area contributed by atoms with Crippen LogP contribution in [0.25, 0.3) is 11.1 Å². The van der Waals surface area contributed by atoms with Gasteiger partial charge in [-0.25, -0.2) is 4.79 Å². The molecule has 1 aliphatic rings. The minimum atomic E-state index is -0.962. The van der Waals surface area contributed by atoms with E-state index in [1.54, 1.807) is 0 Å². The van der Waals surface area contributed by atoms with Gasteiger partial charge >= 0.3 is 6.09 Å². The van der Waals surface area contributed by atoms with Crippen molar-refractivity contribution in [2.75, 3.05) is 25.2 Å². The topological polar surface area (TPSA) is 133 Å². The molecule has 6 rings (SSSR count). The molecule has 0 unspecified atom stereocenters. The number of nitrogens with zero attached hydrogens (tertiary/aromatic N) is 3. The van der Waals surface area contributed by atoms with E-state index in [9.17, 15) is 9.59 Å². The van der Waals surface area contributed by atoms with Gasteiger partial charge in [0.25, 0.3) is 0 Å². The molecule has 10 heteroatoms. The summed E-state index contributed by atoms with van der Waals surface area (Å²) >= 11 is 0. The largest absolute Gasteiger partial charge is 0.452 e. The molecule has 1 saturated heterocycles. The highest BCUT2D eigenvalue weighted by Crippen LogP contribution is 2.28. The number of carbonyl (C=O) groups excluding carboxylic acids is 2. The first kappa shape index (κ1) is 32.6. The molecule has 2 amide bonds. The Kier molecular flexibility index (Phi) is 10.5. The van der Waals surface area contributed by atoms with Crippen molar-refractivity contribution in [3.63, 3.8) is 0 Å². The van der Waals surface area contributed by atoms with Gasteiger partial charge in [-0.05, 0) is 46.7 Å². The minimum absolute atomic E-state index is 0.0809. The van der Waals surface area contributed by atoms with Crippen LogP contribution in [-0.4, -0.2) is 54.6 Å². The standard InChI is InChI=1S/C38H39N5O5/c1-46-38(45)43(34(36(39)44)22-27-16-18-29(19-17-27)28-12-6-3-7-13-28)33-15-9-8-14-30(33)20-21-31-24-40-32(25-47-31)37-42-41-35(48-37)23-26-10-4-2-5-11-26/h2-19,31-32,34,40H,20-25H2,1H3,(H2,39,44)/t31-,32+,34+/m1/s1. The van der Waals surface area contributed by atoms with Gasteiger partial charge in [0.1, 0.15) is 12.1 Å². The average molecular weight is 646 g/mol. The third kappa shape index (κ3) is 7.96. The maximum Gasteiger partial charge on any atom is 0.414 e. The molecule has 1 aliphatic heterocycles. The van der Waals surface area contributed by atoms with Crippen LogP contribution < -0.4 is 16.0 Å². The molecule has 1 aromatic heterocycles. The summed E-state index contributed by atoms with van der Waals surface area (Å²) in [5, 5.41) is 11.9. The second kappa shape index (κ2) is 15.5. The van der Waals surface area contributed by atoms with Crippen LogP contribution >= 0.6 is 0 Å². The van der Waals surface area contributed by atoms with Crippen LogP contribution in [0.2, 0.25) is 0 Å². The van der Waals surface area contributed by atoms with E-state index in [4.69, 9.17) is 19.6 Å². The molecule has 4 aromatic carbocycles. The Bertz CT molecular complexity index is 1790. The summed E-state index contributed by atoms with van der Waals surface area (Å²) in [6.07, 6.45) is 1.34. The number of hydrogen-bond donors (Lipinski definition) is 2. The first-order valence-electron chi connectivity index (χ1n) is 16.1. The Hall–Kier alpha value is -5.32. The van der Waals surface area contributed by atoms with Gasteiger partial charge in [-0.3, -0.25) is 9.69 Å². The lowest BCUT2D eigenvalue weighted by Crippen LogP contribution is -2.50. The third-order valence-electron chi connectivity index (χ3n) is 8.56. The van der Waals surface area contributed by atoms with Crippen molar-refractivity contribution in [1.29, 1.82) is 0 Å². The van der Waals surface area contributed by atoms with Crippen molar-refractivity contribution in [3.05, 3.63) is 138 Å². The smallest absolute Gasteiger partial charge is 0.414 e. The number of benzene rings is 4. The summed E-state index contributed by atoms with van der Waals surface area (Å²) in [5.74, 6) is 0.442. The molecular formula is C38H39N5O5. The molecule has 0 radical (unpaired) electrons. The van der Waals surface area contributed by atoms with E-state index in [1.807, 2.05) is 109 Å². The second-order valence-corrected chi connectivity index (χ2v) is 11.8. The number of methoxy groups -OCH3 is 1. The second-order valence-electron chi connectivity index (χ2n) is 11.8. The fourth-order valence-electron chi connectivity index (χ4n) is 5.99. The zero-order chi connectivity index (χ0) is 33.3. The fraction of sp³-hybridized carbons (Fsp3) is 0.263. The molecule has 0 bridgehead atoms. The van der Waals surface area contributed by atoms with Crippen LogP contribution in [0.15, 0.2) is 114 Å². The van der Waals surface area contributed by atoms with E-state index >= 15 is 0 Å². The maximum atomic E-state index is 13.3. The number of hydrogen-bond acceptors (Lipinski definition) is 8. The lowest BCUT2D eigenvalue weighted by atomic mass is 9.98. The van der Waals surface area contributed by atoms with Crippen LogP contribution in [-0.2, 0) is 33.5 Å². The molecule has 1 fully saturated rings. The van der Waals surface area contributed by atoms with E-state index in [0.29, 0.717) is 49.9 Å². The average Bonchev–Trinajstić information content (AvgIpc) is 3.60. The third-order valence-corrected chi connectivity index (χ3v) is 8.56. The summed E-state index contributed by atoms with van der Waals surface area (Å²) in [6, 6.07) is 34.3. The monoisotopic (exact) mass is 645 g/mol. The van der Waals surface area contributed by atoms with Gasteiger partial charge in [0.05, 0.1) is 31.9 Å². The van der Waals surface area contributed by atoms with Crippen LogP contribution in [0, 0.1) is 0 Å². The molecule has 0 saturated carbocycles. The molecule has 48 heavy (non-hydrogen) atoms. The summed E-state index contributed by atoms with van der Waals surface area (Å²) in [6.45, 7) is 0.979. The molecule has 246 valence electrons. The van der Waals surface area contributed by atoms with Gasteiger partial charge in [-0.15, -0.1) is 10.2 Å². The number of amides is 2. The predicted octanol–water partition coefficient (Wildman–Crippen LogP) is 5.66. The molecule has 10 nitrogen and oxygen atoms in total. The van der Waals surface area contributed by atoms with Crippen molar-refractivity contribution >= 4 is 17.7 Å². The van der Waals surface area contributed by atoms with E-state index in [0.717, 1.165) is 27.8 Å². The number of anilines is 1. The van der Waals surface area contributed by atoms with Gasteiger partial charge in [-0.2, -0.15) is 0 Å². The van der Waals surface area contributed by atoms with Crippen molar-refractivity contribution in [2.24, 2.45) is 5.73 Å². The quantitative estimate of drug-likeness (QED) is 0.178.